The van der Waals surface area contributed by atoms with Crippen LogP contribution >= 0.6 is 0 Å². The minimum Gasteiger partial charge on any atom is -0.264 e. The fourth-order valence-corrected chi connectivity index (χ4v) is 3.15. The summed E-state index contributed by atoms with van der Waals surface area (Å²) in [5.74, 6) is 0. The summed E-state index contributed by atoms with van der Waals surface area (Å²) < 4.78 is 2.23. The molecule has 1 aromatic rings. The Hall–Kier alpha value is -0.790. The highest BCUT2D eigenvalue weighted by molar-refractivity contribution is 5.25. The molecular weight excluding hydrogens is 208 g/mol. The number of aromatic nitrogens is 2. The lowest BCUT2D eigenvalue weighted by molar-refractivity contribution is 0.194. The van der Waals surface area contributed by atoms with Crippen molar-refractivity contribution < 1.29 is 0 Å². The zero-order chi connectivity index (χ0) is 13.4. The maximum Gasteiger partial charge on any atom is 0.0628 e. The van der Waals surface area contributed by atoms with Crippen LogP contribution in [0.1, 0.15) is 64.9 Å². The van der Waals surface area contributed by atoms with Crippen LogP contribution in [0.5, 0.6) is 0 Å². The Balaban J connectivity index is 3.15. The minimum atomic E-state index is 0.0838. The Bertz CT molecular complexity index is 392. The second-order valence-corrected chi connectivity index (χ2v) is 6.96. The van der Waals surface area contributed by atoms with E-state index in [1.807, 2.05) is 0 Å². The summed E-state index contributed by atoms with van der Waals surface area (Å²) in [4.78, 5) is 0. The van der Waals surface area contributed by atoms with Gasteiger partial charge in [-0.3, -0.25) is 4.68 Å². The quantitative estimate of drug-likeness (QED) is 0.768. The number of aryl methyl sites for hydroxylation is 1. The highest BCUT2D eigenvalue weighted by Crippen LogP contribution is 2.33. The van der Waals surface area contributed by atoms with Gasteiger partial charge in [-0.1, -0.05) is 27.7 Å². The van der Waals surface area contributed by atoms with Crippen LogP contribution in [-0.4, -0.2) is 9.78 Å². The van der Waals surface area contributed by atoms with Gasteiger partial charge in [0.05, 0.1) is 11.2 Å². The van der Waals surface area contributed by atoms with Gasteiger partial charge in [0.15, 0.2) is 0 Å². The molecule has 0 bridgehead atoms. The predicted octanol–water partition coefficient (Wildman–Crippen LogP) is 4.23. The van der Waals surface area contributed by atoms with Crippen molar-refractivity contribution >= 4 is 0 Å². The average Bonchev–Trinajstić information content (AvgIpc) is 2.38. The molecular formula is C15H28N2. The second-order valence-electron chi connectivity index (χ2n) is 6.96. The van der Waals surface area contributed by atoms with E-state index in [1.165, 1.54) is 17.0 Å². The third-order valence-corrected chi connectivity index (χ3v) is 3.33. The van der Waals surface area contributed by atoms with Gasteiger partial charge in [0.1, 0.15) is 0 Å². The third-order valence-electron chi connectivity index (χ3n) is 3.33. The number of hydrogen-bond acceptors (Lipinski definition) is 1. The molecule has 0 radical (unpaired) electrons. The minimum absolute atomic E-state index is 0.0838. The molecule has 0 spiro atoms. The van der Waals surface area contributed by atoms with Gasteiger partial charge < -0.3 is 0 Å². The lowest BCUT2D eigenvalue weighted by Gasteiger charge is -2.33. The monoisotopic (exact) mass is 236 g/mol. The normalized spacial score (nSPS) is 13.2. The van der Waals surface area contributed by atoms with E-state index in [0.717, 1.165) is 12.8 Å². The first kappa shape index (κ1) is 14.3. The maximum absolute atomic E-state index is 4.75. The van der Waals surface area contributed by atoms with Crippen molar-refractivity contribution in [1.82, 2.24) is 9.78 Å². The summed E-state index contributed by atoms with van der Waals surface area (Å²) in [6.45, 7) is 18.0. The topological polar surface area (TPSA) is 17.8 Å². The van der Waals surface area contributed by atoms with Crippen molar-refractivity contribution in [1.29, 1.82) is 0 Å². The Labute approximate surface area is 106 Å². The van der Waals surface area contributed by atoms with Gasteiger partial charge in [-0.15, -0.1) is 0 Å². The van der Waals surface area contributed by atoms with Gasteiger partial charge in [0, 0.05) is 5.69 Å². The first-order valence-corrected chi connectivity index (χ1v) is 6.64. The summed E-state index contributed by atoms with van der Waals surface area (Å²) in [5, 5.41) is 4.75. The molecule has 0 N–H and O–H groups in total. The lowest BCUT2D eigenvalue weighted by Crippen LogP contribution is -2.33. The molecule has 0 fully saturated rings. The molecule has 0 aliphatic rings. The maximum atomic E-state index is 4.75. The van der Waals surface area contributed by atoms with Gasteiger partial charge in [-0.25, -0.2) is 0 Å². The summed E-state index contributed by atoms with van der Waals surface area (Å²) in [6.07, 6.45) is 2.20. The smallest absolute Gasteiger partial charge is 0.0628 e. The molecule has 0 aromatic carbocycles. The zero-order valence-corrected chi connectivity index (χ0v) is 12.8. The molecule has 1 aromatic heterocycles. The van der Waals surface area contributed by atoms with Crippen LogP contribution in [0.3, 0.4) is 0 Å². The third kappa shape index (κ3) is 3.11. The zero-order valence-electron chi connectivity index (χ0n) is 12.8. The van der Waals surface area contributed by atoms with Crippen molar-refractivity contribution in [2.24, 2.45) is 5.41 Å². The molecule has 0 aliphatic carbocycles. The van der Waals surface area contributed by atoms with E-state index >= 15 is 0 Å². The number of nitrogens with zero attached hydrogens (tertiary/aromatic N) is 2. The van der Waals surface area contributed by atoms with Crippen LogP contribution < -0.4 is 0 Å². The van der Waals surface area contributed by atoms with Crippen LogP contribution in [0.2, 0.25) is 0 Å². The average molecular weight is 236 g/mol. The van der Waals surface area contributed by atoms with Crippen molar-refractivity contribution in [3.8, 4) is 0 Å². The molecule has 98 valence electrons. The number of hydrogen-bond donors (Lipinski definition) is 0. The van der Waals surface area contributed by atoms with E-state index < -0.39 is 0 Å². The van der Waals surface area contributed by atoms with Crippen molar-refractivity contribution in [2.75, 3.05) is 0 Å². The van der Waals surface area contributed by atoms with Gasteiger partial charge in [-0.2, -0.15) is 5.10 Å². The molecule has 0 aliphatic heterocycles. The molecule has 0 atom stereocenters. The van der Waals surface area contributed by atoms with Gasteiger partial charge in [0.2, 0.25) is 0 Å². The highest BCUT2D eigenvalue weighted by atomic mass is 15.3. The molecule has 0 saturated heterocycles. The molecule has 2 heteroatoms. The fourth-order valence-electron chi connectivity index (χ4n) is 3.15. The van der Waals surface area contributed by atoms with E-state index in [9.17, 15) is 0 Å². The highest BCUT2D eigenvalue weighted by Gasteiger charge is 2.30. The van der Waals surface area contributed by atoms with Crippen LogP contribution in [0.15, 0.2) is 0 Å². The molecule has 17 heavy (non-hydrogen) atoms. The Morgan fingerprint density at radius 2 is 1.59 bits per heavy atom. The Kier molecular flexibility index (Phi) is 3.75. The predicted molar refractivity (Wildman–Crippen MR) is 74.5 cm³/mol. The summed E-state index contributed by atoms with van der Waals surface area (Å²) >= 11 is 0. The van der Waals surface area contributed by atoms with E-state index in [-0.39, 0.29) is 5.54 Å². The van der Waals surface area contributed by atoms with Crippen molar-refractivity contribution in [3.05, 3.63) is 17.0 Å². The van der Waals surface area contributed by atoms with Crippen molar-refractivity contribution in [2.45, 2.75) is 73.8 Å². The first-order valence-electron chi connectivity index (χ1n) is 6.64. The lowest BCUT2D eigenvalue weighted by atomic mass is 9.82. The standard InChI is InChI=1S/C15H28N2/c1-9-13-11(2)16-17(12(13)3)15(7,8)10-14(4,5)6/h9-10H2,1-8H3. The van der Waals surface area contributed by atoms with E-state index in [4.69, 9.17) is 5.10 Å². The van der Waals surface area contributed by atoms with Crippen LogP contribution in [0.25, 0.3) is 0 Å². The van der Waals surface area contributed by atoms with Gasteiger partial charge >= 0.3 is 0 Å². The molecule has 0 amide bonds. The fraction of sp³-hybridized carbons (Fsp3) is 0.800. The number of rotatable bonds is 3. The van der Waals surface area contributed by atoms with Crippen LogP contribution in [-0.2, 0) is 12.0 Å². The van der Waals surface area contributed by atoms with E-state index in [1.54, 1.807) is 0 Å². The van der Waals surface area contributed by atoms with Gasteiger partial charge in [0.25, 0.3) is 0 Å². The largest absolute Gasteiger partial charge is 0.264 e. The second kappa shape index (κ2) is 4.47. The first-order chi connectivity index (χ1) is 7.58. The molecule has 1 rings (SSSR count). The molecule has 2 nitrogen and oxygen atoms in total. The van der Waals surface area contributed by atoms with Gasteiger partial charge in [-0.05, 0) is 51.5 Å². The molecule has 1 heterocycles. The summed E-state index contributed by atoms with van der Waals surface area (Å²) in [6, 6.07) is 0. The van der Waals surface area contributed by atoms with Crippen molar-refractivity contribution in [3.63, 3.8) is 0 Å². The summed E-state index contributed by atoms with van der Waals surface area (Å²) in [7, 11) is 0. The van der Waals surface area contributed by atoms with E-state index in [0.29, 0.717) is 5.41 Å². The Morgan fingerprint density at radius 3 is 1.94 bits per heavy atom. The summed E-state index contributed by atoms with van der Waals surface area (Å²) in [5.41, 5.74) is 4.33. The van der Waals surface area contributed by atoms with Crippen LogP contribution in [0.4, 0.5) is 0 Å². The van der Waals surface area contributed by atoms with E-state index in [2.05, 4.69) is 60.1 Å². The SMILES string of the molecule is CCc1c(C)nn(C(C)(C)CC(C)(C)C)c1C. The van der Waals surface area contributed by atoms with Crippen LogP contribution in [0, 0.1) is 19.3 Å². The molecule has 0 unspecified atom stereocenters. The molecule has 0 saturated carbocycles. The Morgan fingerprint density at radius 1 is 1.06 bits per heavy atom.